The molecule has 1 aliphatic heterocycles. The second kappa shape index (κ2) is 9.25. The highest BCUT2D eigenvalue weighted by Crippen LogP contribution is 2.38. The third-order valence-corrected chi connectivity index (χ3v) is 7.33. The van der Waals surface area contributed by atoms with E-state index in [-0.39, 0.29) is 11.9 Å². The molecule has 0 bridgehead atoms. The summed E-state index contributed by atoms with van der Waals surface area (Å²) in [6, 6.07) is 21.7. The summed E-state index contributed by atoms with van der Waals surface area (Å²) in [6.07, 6.45) is 0. The van der Waals surface area contributed by atoms with Crippen LogP contribution in [0.1, 0.15) is 29.0 Å². The van der Waals surface area contributed by atoms with Crippen LogP contribution in [-0.2, 0) is 10.5 Å². The smallest absolute Gasteiger partial charge is 0.255 e. The van der Waals surface area contributed by atoms with Gasteiger partial charge in [-0.25, -0.2) is 4.68 Å². The number of fused-ring (bicyclic) bond motifs is 1. The van der Waals surface area contributed by atoms with Crippen LogP contribution < -0.4 is 10.6 Å². The summed E-state index contributed by atoms with van der Waals surface area (Å²) in [4.78, 5) is 19.2. The maximum atomic E-state index is 13.5. The number of thiophene rings is 1. The molecule has 0 saturated heterocycles. The van der Waals surface area contributed by atoms with Crippen LogP contribution >= 0.6 is 23.1 Å². The van der Waals surface area contributed by atoms with Crippen molar-refractivity contribution < 1.29 is 4.79 Å². The van der Waals surface area contributed by atoms with E-state index in [1.165, 1.54) is 5.56 Å². The maximum Gasteiger partial charge on any atom is 0.255 e. The number of nitrogens with zero attached hydrogens (tertiary/aromatic N) is 3. The zero-order valence-electron chi connectivity index (χ0n) is 18.3. The van der Waals surface area contributed by atoms with E-state index in [2.05, 4.69) is 22.8 Å². The molecule has 6 nitrogen and oxygen atoms in total. The van der Waals surface area contributed by atoms with Crippen molar-refractivity contribution in [1.29, 1.82) is 0 Å². The molecular formula is C25H23N5OS2. The predicted octanol–water partition coefficient (Wildman–Crippen LogP) is 5.87. The molecule has 3 heterocycles. The summed E-state index contributed by atoms with van der Waals surface area (Å²) >= 11 is 3.19. The van der Waals surface area contributed by atoms with E-state index < -0.39 is 0 Å². The molecule has 0 fully saturated rings. The fourth-order valence-corrected chi connectivity index (χ4v) is 5.42. The first-order valence-electron chi connectivity index (χ1n) is 10.6. The Hall–Kier alpha value is -3.36. The van der Waals surface area contributed by atoms with Gasteiger partial charge in [-0.1, -0.05) is 66.4 Å². The highest BCUT2D eigenvalue weighted by Gasteiger charge is 2.35. The van der Waals surface area contributed by atoms with E-state index in [1.54, 1.807) is 23.1 Å². The van der Waals surface area contributed by atoms with Gasteiger partial charge in [-0.3, -0.25) is 4.79 Å². The molecule has 2 N–H and O–H groups in total. The van der Waals surface area contributed by atoms with Crippen molar-refractivity contribution >= 4 is 40.6 Å². The van der Waals surface area contributed by atoms with E-state index in [0.717, 1.165) is 27.6 Å². The average Bonchev–Trinajstić information content (AvgIpc) is 3.49. The van der Waals surface area contributed by atoms with Gasteiger partial charge < -0.3 is 10.6 Å². The Balaban J connectivity index is 1.46. The number of amides is 1. The predicted molar refractivity (Wildman–Crippen MR) is 135 cm³/mol. The van der Waals surface area contributed by atoms with Gasteiger partial charge in [0.25, 0.3) is 5.91 Å². The first kappa shape index (κ1) is 21.5. The Bertz CT molecular complexity index is 1310. The minimum Gasteiger partial charge on any atom is -0.328 e. The molecule has 166 valence electrons. The van der Waals surface area contributed by atoms with Gasteiger partial charge in [0.15, 0.2) is 0 Å². The van der Waals surface area contributed by atoms with Gasteiger partial charge in [0, 0.05) is 22.0 Å². The summed E-state index contributed by atoms with van der Waals surface area (Å²) in [5.74, 6) is 1.28. The zero-order chi connectivity index (χ0) is 22.8. The number of allylic oxidation sites excluding steroid dienone is 1. The van der Waals surface area contributed by atoms with Gasteiger partial charge in [0.1, 0.15) is 6.04 Å². The van der Waals surface area contributed by atoms with Crippen molar-refractivity contribution in [2.45, 2.75) is 30.8 Å². The van der Waals surface area contributed by atoms with Crippen molar-refractivity contribution in [3.8, 4) is 0 Å². The van der Waals surface area contributed by atoms with Crippen LogP contribution in [0.5, 0.6) is 0 Å². The first-order chi connectivity index (χ1) is 16.1. The minimum absolute atomic E-state index is 0.146. The fourth-order valence-electron chi connectivity index (χ4n) is 3.82. The topological polar surface area (TPSA) is 71.8 Å². The molecule has 2 aromatic heterocycles. The second-order valence-corrected chi connectivity index (χ2v) is 9.71. The van der Waals surface area contributed by atoms with Crippen LogP contribution in [0.25, 0.3) is 0 Å². The molecule has 1 aliphatic rings. The lowest BCUT2D eigenvalue weighted by molar-refractivity contribution is -0.113. The lowest BCUT2D eigenvalue weighted by atomic mass is 10.0. The van der Waals surface area contributed by atoms with E-state index in [9.17, 15) is 4.79 Å². The molecule has 1 amide bonds. The van der Waals surface area contributed by atoms with Crippen LogP contribution in [0.4, 0.5) is 11.6 Å². The molecule has 33 heavy (non-hydrogen) atoms. The van der Waals surface area contributed by atoms with E-state index in [4.69, 9.17) is 10.1 Å². The lowest BCUT2D eigenvalue weighted by Gasteiger charge is -2.27. The van der Waals surface area contributed by atoms with Crippen molar-refractivity contribution in [2.75, 3.05) is 10.6 Å². The molecule has 0 spiro atoms. The molecule has 2 aromatic carbocycles. The van der Waals surface area contributed by atoms with E-state index in [0.29, 0.717) is 16.7 Å². The van der Waals surface area contributed by atoms with Crippen molar-refractivity contribution in [2.24, 2.45) is 0 Å². The number of para-hydroxylation sites is 1. The van der Waals surface area contributed by atoms with Gasteiger partial charge in [-0.15, -0.1) is 16.4 Å². The number of anilines is 2. The monoisotopic (exact) mass is 473 g/mol. The van der Waals surface area contributed by atoms with Crippen molar-refractivity contribution in [3.63, 3.8) is 0 Å². The number of rotatable bonds is 6. The number of aromatic nitrogens is 3. The average molecular weight is 474 g/mol. The number of hydrogen-bond donors (Lipinski definition) is 2. The fraction of sp³-hybridized carbons (Fsp3) is 0.160. The van der Waals surface area contributed by atoms with Gasteiger partial charge >= 0.3 is 0 Å². The molecule has 0 saturated carbocycles. The SMILES string of the molecule is CC1=C(C(=O)Nc2ccccc2C)[C@H](c2cccs2)n2nc(SCc3ccccc3)nc2N1. The second-order valence-electron chi connectivity index (χ2n) is 7.79. The summed E-state index contributed by atoms with van der Waals surface area (Å²) in [7, 11) is 0. The number of benzene rings is 2. The number of carbonyl (C=O) groups excluding carboxylic acids is 1. The number of aryl methyl sites for hydroxylation is 1. The van der Waals surface area contributed by atoms with Crippen LogP contribution in [0.3, 0.4) is 0 Å². The molecule has 4 aromatic rings. The number of hydrogen-bond acceptors (Lipinski definition) is 6. The molecule has 0 unspecified atom stereocenters. The summed E-state index contributed by atoms with van der Waals surface area (Å²) in [5.41, 5.74) is 4.44. The van der Waals surface area contributed by atoms with E-state index in [1.807, 2.05) is 78.5 Å². The highest BCUT2D eigenvalue weighted by atomic mass is 32.2. The lowest BCUT2D eigenvalue weighted by Crippen LogP contribution is -2.31. The Morgan fingerprint density at radius 3 is 2.64 bits per heavy atom. The Kier molecular flexibility index (Phi) is 6.02. The zero-order valence-corrected chi connectivity index (χ0v) is 19.9. The standard InChI is InChI=1S/C25H23N5OS2/c1-16-9-6-7-12-19(16)27-23(31)21-17(2)26-24-28-25(33-15-18-10-4-3-5-11-18)29-30(24)22(21)20-13-8-14-32-20/h3-14,22H,15H2,1-2H3,(H,27,31)(H,26,28,29)/t22-/m0/s1. The van der Waals surface area contributed by atoms with Gasteiger partial charge in [0.2, 0.25) is 11.1 Å². The Morgan fingerprint density at radius 1 is 1.09 bits per heavy atom. The number of nitrogens with one attached hydrogen (secondary N) is 2. The molecule has 0 aliphatic carbocycles. The third-order valence-electron chi connectivity index (χ3n) is 5.49. The molecule has 8 heteroatoms. The Labute approximate surface area is 200 Å². The maximum absolute atomic E-state index is 13.5. The normalized spacial score (nSPS) is 15.2. The van der Waals surface area contributed by atoms with Crippen LogP contribution in [-0.4, -0.2) is 20.7 Å². The quantitative estimate of drug-likeness (QED) is 0.343. The first-order valence-corrected chi connectivity index (χ1v) is 12.5. The largest absolute Gasteiger partial charge is 0.328 e. The summed E-state index contributed by atoms with van der Waals surface area (Å²) in [6.45, 7) is 3.90. The van der Waals surface area contributed by atoms with E-state index >= 15 is 0 Å². The minimum atomic E-state index is -0.344. The number of thioether (sulfide) groups is 1. The van der Waals surface area contributed by atoms with Crippen LogP contribution in [0.15, 0.2) is 88.5 Å². The summed E-state index contributed by atoms with van der Waals surface area (Å²) in [5, 5.41) is 13.9. The molecule has 0 radical (unpaired) electrons. The highest BCUT2D eigenvalue weighted by molar-refractivity contribution is 7.98. The van der Waals surface area contributed by atoms with Gasteiger partial charge in [0.05, 0.1) is 5.57 Å². The summed E-state index contributed by atoms with van der Waals surface area (Å²) < 4.78 is 1.83. The molecular weight excluding hydrogens is 450 g/mol. The van der Waals surface area contributed by atoms with Crippen molar-refractivity contribution in [3.05, 3.63) is 99.4 Å². The molecule has 5 rings (SSSR count). The number of carbonyl (C=O) groups is 1. The van der Waals surface area contributed by atoms with Crippen molar-refractivity contribution in [1.82, 2.24) is 14.8 Å². The van der Waals surface area contributed by atoms with Gasteiger partial charge in [-0.2, -0.15) is 4.98 Å². The van der Waals surface area contributed by atoms with Gasteiger partial charge in [-0.05, 0) is 42.5 Å². The van der Waals surface area contributed by atoms with Crippen LogP contribution in [0, 0.1) is 6.92 Å². The van der Waals surface area contributed by atoms with Crippen LogP contribution in [0.2, 0.25) is 0 Å². The third kappa shape index (κ3) is 4.44. The molecule has 1 atom stereocenters. The Morgan fingerprint density at radius 2 is 1.88 bits per heavy atom.